The van der Waals surface area contributed by atoms with Gasteiger partial charge in [0.25, 0.3) is 5.56 Å². The van der Waals surface area contributed by atoms with Crippen molar-refractivity contribution < 1.29 is 4.79 Å². The van der Waals surface area contributed by atoms with E-state index in [4.69, 9.17) is 0 Å². The average molecular weight is 451 g/mol. The Bertz CT molecular complexity index is 999. The molecule has 1 N–H and O–H groups in total. The third-order valence-electron chi connectivity index (χ3n) is 3.56. The fourth-order valence-electron chi connectivity index (χ4n) is 2.36. The second kappa shape index (κ2) is 6.86. The molecule has 1 heterocycles. The molecule has 0 fully saturated rings. The van der Waals surface area contributed by atoms with Crippen LogP contribution in [0.4, 0.5) is 5.69 Å². The Morgan fingerprint density at radius 2 is 1.88 bits per heavy atom. The fraction of sp³-hybridized carbons (Fsp3) is 0.118. The number of hydrogen-bond acceptors (Lipinski definition) is 3. The summed E-state index contributed by atoms with van der Waals surface area (Å²) < 4.78 is 3.04. The van der Waals surface area contributed by atoms with Crippen molar-refractivity contribution in [2.75, 3.05) is 5.32 Å². The van der Waals surface area contributed by atoms with Crippen LogP contribution in [0.5, 0.6) is 0 Å². The van der Waals surface area contributed by atoms with Crippen LogP contribution in [0.3, 0.4) is 0 Å². The first kappa shape index (κ1) is 16.9. The summed E-state index contributed by atoms with van der Waals surface area (Å²) in [6.45, 7) is 1.81. The number of amides is 1. The lowest BCUT2D eigenvalue weighted by Crippen LogP contribution is -2.28. The summed E-state index contributed by atoms with van der Waals surface area (Å²) in [4.78, 5) is 29.0. The minimum absolute atomic E-state index is 0.0935. The fourth-order valence-corrected chi connectivity index (χ4v) is 3.19. The molecule has 0 spiro atoms. The molecule has 0 radical (unpaired) electrons. The predicted molar refractivity (Wildman–Crippen MR) is 101 cm³/mol. The number of nitrogens with zero attached hydrogens (tertiary/aromatic N) is 2. The molecular weight excluding hydrogens is 438 g/mol. The molecule has 1 aromatic heterocycles. The Kier molecular flexibility index (Phi) is 4.82. The van der Waals surface area contributed by atoms with Gasteiger partial charge in [-0.15, -0.1) is 0 Å². The van der Waals surface area contributed by atoms with Crippen LogP contribution in [-0.2, 0) is 11.3 Å². The molecule has 0 aliphatic rings. The largest absolute Gasteiger partial charge is 0.324 e. The van der Waals surface area contributed by atoms with Crippen LogP contribution in [0.25, 0.3) is 10.9 Å². The van der Waals surface area contributed by atoms with Gasteiger partial charge in [0, 0.05) is 14.6 Å². The van der Waals surface area contributed by atoms with Crippen LogP contribution in [0.1, 0.15) is 5.56 Å². The van der Waals surface area contributed by atoms with Crippen molar-refractivity contribution in [3.63, 3.8) is 0 Å². The van der Waals surface area contributed by atoms with Gasteiger partial charge >= 0.3 is 0 Å². The number of rotatable bonds is 3. The van der Waals surface area contributed by atoms with Gasteiger partial charge in [-0.25, -0.2) is 4.98 Å². The normalized spacial score (nSPS) is 10.8. The van der Waals surface area contributed by atoms with E-state index in [1.807, 2.05) is 31.2 Å². The van der Waals surface area contributed by atoms with Gasteiger partial charge in [0.2, 0.25) is 5.91 Å². The van der Waals surface area contributed by atoms with E-state index < -0.39 is 0 Å². The number of anilines is 1. The van der Waals surface area contributed by atoms with Crippen molar-refractivity contribution in [2.24, 2.45) is 0 Å². The highest BCUT2D eigenvalue weighted by atomic mass is 79.9. The summed E-state index contributed by atoms with van der Waals surface area (Å²) in [7, 11) is 0. The zero-order valence-electron chi connectivity index (χ0n) is 12.7. The molecule has 0 atom stereocenters. The molecular formula is C17H13Br2N3O2. The number of halogens is 2. The Hall–Kier alpha value is -1.99. The molecule has 122 valence electrons. The molecule has 24 heavy (non-hydrogen) atoms. The average Bonchev–Trinajstić information content (AvgIpc) is 2.53. The van der Waals surface area contributed by atoms with Crippen LogP contribution < -0.4 is 10.9 Å². The minimum atomic E-state index is -0.279. The van der Waals surface area contributed by atoms with Crippen LogP contribution >= 0.6 is 31.9 Å². The van der Waals surface area contributed by atoms with Crippen LogP contribution in [0, 0.1) is 6.92 Å². The van der Waals surface area contributed by atoms with E-state index in [1.165, 1.54) is 10.9 Å². The SMILES string of the molecule is Cc1cc(Br)ccc1NC(=O)Cn1cnc2ccc(Br)cc2c1=O. The summed E-state index contributed by atoms with van der Waals surface area (Å²) in [5.41, 5.74) is 2.01. The number of aryl methyl sites for hydroxylation is 1. The van der Waals surface area contributed by atoms with Crippen molar-refractivity contribution in [2.45, 2.75) is 13.5 Å². The van der Waals surface area contributed by atoms with E-state index >= 15 is 0 Å². The maximum Gasteiger partial charge on any atom is 0.261 e. The quantitative estimate of drug-likeness (QED) is 0.658. The molecule has 3 aromatic rings. The third kappa shape index (κ3) is 3.57. The lowest BCUT2D eigenvalue weighted by Gasteiger charge is -2.10. The van der Waals surface area contributed by atoms with Gasteiger partial charge in [-0.1, -0.05) is 31.9 Å². The van der Waals surface area contributed by atoms with Gasteiger partial charge in [0.1, 0.15) is 6.54 Å². The monoisotopic (exact) mass is 449 g/mol. The van der Waals surface area contributed by atoms with Crippen molar-refractivity contribution in [3.8, 4) is 0 Å². The number of fused-ring (bicyclic) bond motifs is 1. The number of hydrogen-bond donors (Lipinski definition) is 1. The van der Waals surface area contributed by atoms with Gasteiger partial charge in [-0.05, 0) is 48.9 Å². The third-order valence-corrected chi connectivity index (χ3v) is 4.55. The molecule has 0 unspecified atom stereocenters. The number of aromatic nitrogens is 2. The van der Waals surface area contributed by atoms with E-state index in [-0.39, 0.29) is 18.0 Å². The summed E-state index contributed by atoms with van der Waals surface area (Å²) in [5, 5.41) is 3.29. The summed E-state index contributed by atoms with van der Waals surface area (Å²) >= 11 is 6.73. The second-order valence-corrected chi connectivity index (χ2v) is 7.18. The predicted octanol–water partition coefficient (Wildman–Crippen LogP) is 3.87. The highest BCUT2D eigenvalue weighted by molar-refractivity contribution is 9.10. The summed E-state index contributed by atoms with van der Waals surface area (Å²) in [5.74, 6) is -0.279. The van der Waals surface area contributed by atoms with Crippen LogP contribution in [0.15, 0.2) is 56.5 Å². The van der Waals surface area contributed by atoms with E-state index in [9.17, 15) is 9.59 Å². The van der Waals surface area contributed by atoms with Crippen molar-refractivity contribution in [1.82, 2.24) is 9.55 Å². The topological polar surface area (TPSA) is 64.0 Å². The van der Waals surface area contributed by atoms with Crippen LogP contribution in [-0.4, -0.2) is 15.5 Å². The Morgan fingerprint density at radius 3 is 2.62 bits per heavy atom. The zero-order valence-corrected chi connectivity index (χ0v) is 15.9. The first-order valence-corrected chi connectivity index (χ1v) is 8.73. The highest BCUT2D eigenvalue weighted by Gasteiger charge is 2.10. The number of carbonyl (C=O) groups excluding carboxylic acids is 1. The smallest absolute Gasteiger partial charge is 0.261 e. The Balaban J connectivity index is 1.85. The van der Waals surface area contributed by atoms with Gasteiger partial charge in [-0.3, -0.25) is 14.2 Å². The molecule has 2 aromatic carbocycles. The lowest BCUT2D eigenvalue weighted by molar-refractivity contribution is -0.116. The van der Waals surface area contributed by atoms with Gasteiger partial charge in [-0.2, -0.15) is 0 Å². The molecule has 0 saturated heterocycles. The Labute approximate surface area is 155 Å². The maximum absolute atomic E-state index is 12.5. The van der Waals surface area contributed by atoms with Crippen molar-refractivity contribution >= 4 is 54.4 Å². The molecule has 3 rings (SSSR count). The second-order valence-electron chi connectivity index (χ2n) is 5.35. The van der Waals surface area contributed by atoms with E-state index in [2.05, 4.69) is 42.2 Å². The molecule has 1 amide bonds. The number of nitrogens with one attached hydrogen (secondary N) is 1. The van der Waals surface area contributed by atoms with Crippen molar-refractivity contribution in [1.29, 1.82) is 0 Å². The van der Waals surface area contributed by atoms with Gasteiger partial charge < -0.3 is 5.32 Å². The van der Waals surface area contributed by atoms with Gasteiger partial charge in [0.05, 0.1) is 17.2 Å². The van der Waals surface area contributed by atoms with E-state index in [0.717, 1.165) is 14.5 Å². The molecule has 0 saturated carbocycles. The van der Waals surface area contributed by atoms with Gasteiger partial charge in [0.15, 0.2) is 0 Å². The minimum Gasteiger partial charge on any atom is -0.324 e. The summed E-state index contributed by atoms with van der Waals surface area (Å²) in [6, 6.07) is 10.9. The number of benzene rings is 2. The first-order valence-electron chi connectivity index (χ1n) is 7.15. The first-order chi connectivity index (χ1) is 11.4. The molecule has 0 aliphatic carbocycles. The number of carbonyl (C=O) groups is 1. The highest BCUT2D eigenvalue weighted by Crippen LogP contribution is 2.20. The summed E-state index contributed by atoms with van der Waals surface area (Å²) in [6.07, 6.45) is 1.40. The zero-order chi connectivity index (χ0) is 17.3. The molecule has 5 nitrogen and oxygen atoms in total. The standard InChI is InChI=1S/C17H13Br2N3O2/c1-10-6-11(18)2-4-14(10)21-16(23)8-22-9-20-15-5-3-12(19)7-13(15)17(22)24/h2-7,9H,8H2,1H3,(H,21,23). The lowest BCUT2D eigenvalue weighted by atomic mass is 10.2. The van der Waals surface area contributed by atoms with Crippen molar-refractivity contribution in [3.05, 3.63) is 67.6 Å². The molecule has 0 bridgehead atoms. The molecule has 7 heteroatoms. The maximum atomic E-state index is 12.5. The molecule has 0 aliphatic heterocycles. The van der Waals surface area contributed by atoms with E-state index in [1.54, 1.807) is 12.1 Å². The van der Waals surface area contributed by atoms with Crippen LogP contribution in [0.2, 0.25) is 0 Å². The Morgan fingerprint density at radius 1 is 1.17 bits per heavy atom. The van der Waals surface area contributed by atoms with E-state index in [0.29, 0.717) is 16.6 Å².